The van der Waals surface area contributed by atoms with Crippen LogP contribution in [-0.4, -0.2) is 38.0 Å². The van der Waals surface area contributed by atoms with E-state index >= 15 is 0 Å². The topological polar surface area (TPSA) is 90.9 Å². The van der Waals surface area contributed by atoms with E-state index in [9.17, 15) is 14.4 Å². The molecular weight excluding hydrogens is 454 g/mol. The lowest BCUT2D eigenvalue weighted by Gasteiger charge is -2.36. The highest BCUT2D eigenvalue weighted by molar-refractivity contribution is 7.10. The van der Waals surface area contributed by atoms with Gasteiger partial charge in [-0.05, 0) is 42.5 Å². The molecule has 1 aromatic heterocycles. The second-order valence-corrected chi connectivity index (χ2v) is 9.30. The number of thiophene rings is 1. The van der Waals surface area contributed by atoms with Gasteiger partial charge in [0.25, 0.3) is 0 Å². The molecule has 0 unspecified atom stereocenters. The zero-order chi connectivity index (χ0) is 24.2. The van der Waals surface area contributed by atoms with Crippen molar-refractivity contribution in [3.63, 3.8) is 0 Å². The van der Waals surface area contributed by atoms with Gasteiger partial charge in [0.05, 0.1) is 12.2 Å². The molecule has 2 aromatic rings. The third-order valence-electron chi connectivity index (χ3n) is 5.99. The molecule has 0 saturated carbocycles. The first kappa shape index (κ1) is 23.9. The van der Waals surface area contributed by atoms with Crippen LogP contribution in [0.1, 0.15) is 49.0 Å². The molecule has 34 heavy (non-hydrogen) atoms. The lowest BCUT2D eigenvalue weighted by molar-refractivity contribution is -0.140. The van der Waals surface area contributed by atoms with E-state index in [-0.39, 0.29) is 24.9 Å². The van der Waals surface area contributed by atoms with Crippen LogP contribution in [0.3, 0.4) is 0 Å². The van der Waals surface area contributed by atoms with E-state index < -0.39 is 17.9 Å². The Morgan fingerprint density at radius 2 is 1.88 bits per heavy atom. The molecule has 1 aliphatic heterocycles. The third-order valence-corrected chi connectivity index (χ3v) is 7.02. The van der Waals surface area contributed by atoms with Crippen LogP contribution < -0.4 is 10.1 Å². The van der Waals surface area contributed by atoms with Gasteiger partial charge in [0, 0.05) is 54.1 Å². The first-order valence-corrected chi connectivity index (χ1v) is 12.0. The molecule has 0 saturated heterocycles. The van der Waals surface area contributed by atoms with Gasteiger partial charge < -0.3 is 19.5 Å². The summed E-state index contributed by atoms with van der Waals surface area (Å²) in [6.07, 6.45) is 1.07. The molecule has 1 aliphatic carbocycles. The van der Waals surface area contributed by atoms with Crippen molar-refractivity contribution in [1.82, 2.24) is 5.32 Å². The van der Waals surface area contributed by atoms with Crippen LogP contribution in [0, 0.1) is 0 Å². The number of ether oxygens (including phenoxy) is 3. The number of rotatable bonds is 7. The van der Waals surface area contributed by atoms with Crippen molar-refractivity contribution in [2.45, 2.75) is 38.5 Å². The molecule has 2 heterocycles. The third kappa shape index (κ3) is 4.98. The van der Waals surface area contributed by atoms with E-state index in [1.807, 2.05) is 18.4 Å². The summed E-state index contributed by atoms with van der Waals surface area (Å²) in [6.45, 7) is 3.56. The second kappa shape index (κ2) is 10.4. The van der Waals surface area contributed by atoms with Gasteiger partial charge in [-0.15, -0.1) is 11.3 Å². The largest absolute Gasteiger partial charge is 0.460 e. The summed E-state index contributed by atoms with van der Waals surface area (Å²) in [6, 6.07) is 11.0. The van der Waals surface area contributed by atoms with Crippen molar-refractivity contribution in [3.05, 3.63) is 74.8 Å². The molecular formula is C26H27NO6S. The summed E-state index contributed by atoms with van der Waals surface area (Å²) in [7, 11) is 1.54. The Morgan fingerprint density at radius 1 is 1.12 bits per heavy atom. The number of esters is 2. The minimum Gasteiger partial charge on any atom is -0.460 e. The van der Waals surface area contributed by atoms with Gasteiger partial charge >= 0.3 is 11.9 Å². The molecule has 0 fully saturated rings. The maximum absolute atomic E-state index is 13.5. The number of carbonyl (C=O) groups is 3. The monoisotopic (exact) mass is 481 g/mol. The molecule has 0 bridgehead atoms. The molecule has 2 atom stereocenters. The molecule has 4 rings (SSSR count). The number of hydrogen-bond donors (Lipinski definition) is 1. The van der Waals surface area contributed by atoms with Crippen molar-refractivity contribution < 1.29 is 28.6 Å². The Bertz CT molecular complexity index is 1150. The minimum absolute atomic E-state index is 0.0101. The fraction of sp³-hybridized carbons (Fsp3) is 0.346. The average molecular weight is 482 g/mol. The van der Waals surface area contributed by atoms with Crippen molar-refractivity contribution in [1.29, 1.82) is 0 Å². The predicted molar refractivity (Wildman–Crippen MR) is 127 cm³/mol. The van der Waals surface area contributed by atoms with Crippen molar-refractivity contribution in [3.8, 4) is 5.75 Å². The molecule has 1 N–H and O–H groups in total. The van der Waals surface area contributed by atoms with Gasteiger partial charge in [0.1, 0.15) is 12.4 Å². The number of ketones is 1. The van der Waals surface area contributed by atoms with Crippen molar-refractivity contribution in [2.75, 3.05) is 20.3 Å². The van der Waals surface area contributed by atoms with Crippen molar-refractivity contribution >= 4 is 29.1 Å². The smallest absolute Gasteiger partial charge is 0.336 e. The SMILES string of the molecule is COCCOC(=O)C1=C(C)NC2=C(C(=O)C[C@@H](c3cccs3)C2)[C@@H]1c1ccc(OC(C)=O)cc1. The molecule has 0 amide bonds. The first-order valence-electron chi connectivity index (χ1n) is 11.1. The van der Waals surface area contributed by atoms with Crippen LogP contribution in [0.15, 0.2) is 64.3 Å². The van der Waals surface area contributed by atoms with E-state index in [1.54, 1.807) is 35.6 Å². The minimum atomic E-state index is -0.575. The predicted octanol–water partition coefficient (Wildman–Crippen LogP) is 4.22. The molecule has 0 spiro atoms. The number of dihydropyridines is 1. The molecule has 8 heteroatoms. The van der Waals surface area contributed by atoms with E-state index in [2.05, 4.69) is 11.4 Å². The fourth-order valence-electron chi connectivity index (χ4n) is 4.56. The highest BCUT2D eigenvalue weighted by Crippen LogP contribution is 2.46. The standard InChI is InChI=1S/C26H27NO6S/c1-15-23(26(30)32-11-10-31-3)24(17-6-8-19(9-7-17)33-16(2)28)25-20(27-15)13-18(14-21(25)29)22-5-4-12-34-22/h4-9,12,18,24,27H,10-11,13-14H2,1-3H3/t18-,24+/m0/s1. The lowest BCUT2D eigenvalue weighted by Crippen LogP contribution is -2.36. The van der Waals surface area contributed by atoms with Gasteiger partial charge in [0.15, 0.2) is 5.78 Å². The molecule has 1 aromatic carbocycles. The van der Waals surface area contributed by atoms with Crippen molar-refractivity contribution in [2.24, 2.45) is 0 Å². The number of hydrogen-bond acceptors (Lipinski definition) is 8. The summed E-state index contributed by atoms with van der Waals surface area (Å²) in [5.74, 6) is -0.966. The second-order valence-electron chi connectivity index (χ2n) is 8.32. The first-order chi connectivity index (χ1) is 16.4. The van der Waals surface area contributed by atoms with E-state index in [4.69, 9.17) is 14.2 Å². The Hall–Kier alpha value is -3.23. The summed E-state index contributed by atoms with van der Waals surface area (Å²) >= 11 is 1.65. The van der Waals surface area contributed by atoms with Crippen LogP contribution in [0.5, 0.6) is 5.75 Å². The zero-order valence-electron chi connectivity index (χ0n) is 19.4. The summed E-state index contributed by atoms with van der Waals surface area (Å²) in [5, 5.41) is 5.36. The lowest BCUT2D eigenvalue weighted by atomic mass is 9.72. The van der Waals surface area contributed by atoms with Gasteiger partial charge in [-0.1, -0.05) is 18.2 Å². The summed E-state index contributed by atoms with van der Waals surface area (Å²) in [4.78, 5) is 39.1. The van der Waals surface area contributed by atoms with E-state index in [0.717, 1.165) is 11.3 Å². The Labute approximate surface area is 202 Å². The fourth-order valence-corrected chi connectivity index (χ4v) is 5.39. The maximum atomic E-state index is 13.5. The molecule has 178 valence electrons. The Morgan fingerprint density at radius 3 is 2.53 bits per heavy atom. The van der Waals surface area contributed by atoms with Crippen LogP contribution in [0.2, 0.25) is 0 Å². The van der Waals surface area contributed by atoms with E-state index in [0.29, 0.717) is 35.4 Å². The van der Waals surface area contributed by atoms with Crippen LogP contribution >= 0.6 is 11.3 Å². The normalized spacial score (nSPS) is 20.0. The number of nitrogens with one attached hydrogen (secondary N) is 1. The van der Waals surface area contributed by atoms with Crippen LogP contribution in [0.4, 0.5) is 0 Å². The average Bonchev–Trinajstić information content (AvgIpc) is 3.33. The van der Waals surface area contributed by atoms with Crippen LogP contribution in [0.25, 0.3) is 0 Å². The Balaban J connectivity index is 1.73. The maximum Gasteiger partial charge on any atom is 0.336 e. The number of methoxy groups -OCH3 is 1. The highest BCUT2D eigenvalue weighted by Gasteiger charge is 2.41. The van der Waals surface area contributed by atoms with E-state index in [1.165, 1.54) is 18.9 Å². The summed E-state index contributed by atoms with van der Waals surface area (Å²) < 4.78 is 15.6. The zero-order valence-corrected chi connectivity index (χ0v) is 20.2. The summed E-state index contributed by atoms with van der Waals surface area (Å²) in [5.41, 5.74) is 3.26. The van der Waals surface area contributed by atoms with Crippen LogP contribution in [-0.2, 0) is 23.9 Å². The quantitative estimate of drug-likeness (QED) is 0.360. The molecule has 7 nitrogen and oxygen atoms in total. The number of carbonyl (C=O) groups excluding carboxylic acids is 3. The number of benzene rings is 1. The molecule has 0 radical (unpaired) electrons. The molecule has 2 aliphatic rings. The van der Waals surface area contributed by atoms with Gasteiger partial charge in [0.2, 0.25) is 0 Å². The number of allylic oxidation sites excluding steroid dienone is 3. The van der Waals surface area contributed by atoms with Gasteiger partial charge in [-0.25, -0.2) is 4.79 Å². The van der Waals surface area contributed by atoms with Gasteiger partial charge in [-0.2, -0.15) is 0 Å². The Kier molecular flexibility index (Phi) is 7.29. The highest BCUT2D eigenvalue weighted by atomic mass is 32.1. The number of Topliss-reactive ketones (excluding diaryl/α,β-unsaturated/α-hetero) is 1. The van der Waals surface area contributed by atoms with Gasteiger partial charge in [-0.3, -0.25) is 9.59 Å².